The third kappa shape index (κ3) is 6.45. The van der Waals surface area contributed by atoms with Gasteiger partial charge in [0.25, 0.3) is 11.8 Å². The van der Waals surface area contributed by atoms with Crippen molar-refractivity contribution in [2.24, 2.45) is 0 Å². The van der Waals surface area contributed by atoms with Crippen LogP contribution in [0.15, 0.2) is 42.2 Å². The van der Waals surface area contributed by atoms with Gasteiger partial charge in [0.1, 0.15) is 16.7 Å². The number of nitrogens with zero attached hydrogens (tertiary/aromatic N) is 1. The standard InChI is InChI=1S/C20H20Cl3N5O2/c1-10(2)26-19(29)13-8-12(21)7-11(3)17(13)28-20(30)15(9-16(23)24)27-18-14(22)5-4-6-25-18/h4-10,24H,1-3H3,(H,25,27)(H,26,29)(H,28,30)/b15-9-,24-16?. The minimum atomic E-state index is -0.647. The lowest BCUT2D eigenvalue weighted by atomic mass is 10.1. The molecule has 30 heavy (non-hydrogen) atoms. The van der Waals surface area contributed by atoms with Crippen LogP contribution in [-0.4, -0.2) is 28.0 Å². The van der Waals surface area contributed by atoms with Crippen molar-refractivity contribution >= 4 is 63.3 Å². The molecule has 2 aromatic rings. The highest BCUT2D eigenvalue weighted by Crippen LogP contribution is 2.27. The van der Waals surface area contributed by atoms with Crippen molar-refractivity contribution in [2.45, 2.75) is 26.8 Å². The highest BCUT2D eigenvalue weighted by atomic mass is 35.5. The number of hydrogen-bond acceptors (Lipinski definition) is 5. The largest absolute Gasteiger partial charge is 0.350 e. The van der Waals surface area contributed by atoms with Crippen LogP contribution in [0.25, 0.3) is 0 Å². The van der Waals surface area contributed by atoms with Crippen molar-refractivity contribution in [3.8, 4) is 0 Å². The van der Waals surface area contributed by atoms with E-state index in [1.54, 1.807) is 25.1 Å². The summed E-state index contributed by atoms with van der Waals surface area (Å²) in [5, 5.41) is 16.0. The summed E-state index contributed by atoms with van der Waals surface area (Å²) in [6.45, 7) is 5.35. The van der Waals surface area contributed by atoms with E-state index in [9.17, 15) is 9.59 Å². The van der Waals surface area contributed by atoms with Gasteiger partial charge in [-0.3, -0.25) is 15.0 Å². The summed E-state index contributed by atoms with van der Waals surface area (Å²) in [7, 11) is 0. The Morgan fingerprint density at radius 1 is 1.20 bits per heavy atom. The number of pyridine rings is 1. The fourth-order valence-corrected chi connectivity index (χ4v) is 3.05. The molecule has 0 aliphatic rings. The zero-order valence-electron chi connectivity index (χ0n) is 16.4. The topological polar surface area (TPSA) is 107 Å². The Morgan fingerprint density at radius 2 is 1.90 bits per heavy atom. The summed E-state index contributed by atoms with van der Waals surface area (Å²) in [6.07, 6.45) is 2.61. The second-order valence-corrected chi connectivity index (χ2v) is 7.84. The molecule has 10 heteroatoms. The molecule has 2 rings (SSSR count). The average Bonchev–Trinajstić information content (AvgIpc) is 2.63. The Hall–Kier alpha value is -2.61. The summed E-state index contributed by atoms with van der Waals surface area (Å²) < 4.78 is 0. The first kappa shape index (κ1) is 23.7. The molecule has 2 amide bonds. The lowest BCUT2D eigenvalue weighted by molar-refractivity contribution is -0.112. The molecular formula is C20H20Cl3N5O2. The summed E-state index contributed by atoms with van der Waals surface area (Å²) in [5.74, 6) is -0.822. The molecular weight excluding hydrogens is 449 g/mol. The smallest absolute Gasteiger partial charge is 0.272 e. The van der Waals surface area contributed by atoms with Gasteiger partial charge in [0, 0.05) is 23.3 Å². The first-order valence-corrected chi connectivity index (χ1v) is 9.97. The molecule has 158 valence electrons. The van der Waals surface area contributed by atoms with E-state index >= 15 is 0 Å². The molecule has 1 aromatic carbocycles. The molecule has 7 nitrogen and oxygen atoms in total. The number of hydrogen-bond donors (Lipinski definition) is 4. The molecule has 0 atom stereocenters. The Balaban J connectivity index is 2.41. The number of halogens is 3. The van der Waals surface area contributed by atoms with E-state index in [1.165, 1.54) is 12.3 Å². The average molecular weight is 469 g/mol. The molecule has 0 aliphatic carbocycles. The second-order valence-electron chi connectivity index (χ2n) is 6.59. The zero-order valence-corrected chi connectivity index (χ0v) is 18.7. The second kappa shape index (κ2) is 10.4. The first-order chi connectivity index (χ1) is 14.1. The van der Waals surface area contributed by atoms with Crippen molar-refractivity contribution in [3.05, 3.63) is 63.4 Å². The van der Waals surface area contributed by atoms with Gasteiger partial charge in [0.2, 0.25) is 0 Å². The first-order valence-electron chi connectivity index (χ1n) is 8.84. The Labute approximate surface area is 189 Å². The van der Waals surface area contributed by atoms with Crippen LogP contribution in [0, 0.1) is 12.3 Å². The van der Waals surface area contributed by atoms with E-state index in [4.69, 9.17) is 40.2 Å². The number of rotatable bonds is 7. The predicted octanol–water partition coefficient (Wildman–Crippen LogP) is 4.99. The van der Waals surface area contributed by atoms with E-state index < -0.39 is 5.91 Å². The lowest BCUT2D eigenvalue weighted by Crippen LogP contribution is -2.31. The van der Waals surface area contributed by atoms with Gasteiger partial charge in [-0.1, -0.05) is 34.8 Å². The van der Waals surface area contributed by atoms with Gasteiger partial charge in [-0.25, -0.2) is 4.98 Å². The lowest BCUT2D eigenvalue weighted by Gasteiger charge is -2.17. The Kier molecular flexibility index (Phi) is 8.23. The predicted molar refractivity (Wildman–Crippen MR) is 122 cm³/mol. The molecule has 1 aromatic heterocycles. The molecule has 0 saturated heterocycles. The fourth-order valence-electron chi connectivity index (χ4n) is 2.50. The maximum absolute atomic E-state index is 13.0. The quantitative estimate of drug-likeness (QED) is 0.339. The van der Waals surface area contributed by atoms with E-state index in [0.29, 0.717) is 10.6 Å². The van der Waals surface area contributed by atoms with Gasteiger partial charge in [0.05, 0.1) is 16.3 Å². The van der Waals surface area contributed by atoms with Crippen LogP contribution in [0.5, 0.6) is 0 Å². The van der Waals surface area contributed by atoms with Crippen LogP contribution in [0.2, 0.25) is 10.0 Å². The van der Waals surface area contributed by atoms with Gasteiger partial charge in [-0.05, 0) is 50.6 Å². The monoisotopic (exact) mass is 467 g/mol. The summed E-state index contributed by atoms with van der Waals surface area (Å²) >= 11 is 17.9. The molecule has 4 N–H and O–H groups in total. The van der Waals surface area contributed by atoms with Crippen LogP contribution in [0.1, 0.15) is 29.8 Å². The van der Waals surface area contributed by atoms with Gasteiger partial charge < -0.3 is 16.0 Å². The number of amides is 2. The number of allylic oxidation sites excluding steroid dienone is 1. The molecule has 0 bridgehead atoms. The third-order valence-electron chi connectivity index (χ3n) is 3.73. The van der Waals surface area contributed by atoms with E-state index in [-0.39, 0.29) is 44.9 Å². The van der Waals surface area contributed by atoms with Gasteiger partial charge in [-0.15, -0.1) is 0 Å². The minimum Gasteiger partial charge on any atom is -0.350 e. The zero-order chi connectivity index (χ0) is 22.4. The minimum absolute atomic E-state index is 0.0832. The SMILES string of the molecule is Cc1cc(Cl)cc(C(=O)NC(C)C)c1NC(=O)/C(=C/C(=N)Cl)Nc1ncccc1Cl. The fraction of sp³-hybridized carbons (Fsp3) is 0.200. The van der Waals surface area contributed by atoms with E-state index in [0.717, 1.165) is 6.08 Å². The Morgan fingerprint density at radius 3 is 2.50 bits per heavy atom. The van der Waals surface area contributed by atoms with Crippen LogP contribution < -0.4 is 16.0 Å². The van der Waals surface area contributed by atoms with Crippen molar-refractivity contribution in [2.75, 3.05) is 10.6 Å². The van der Waals surface area contributed by atoms with Crippen molar-refractivity contribution in [1.29, 1.82) is 5.41 Å². The van der Waals surface area contributed by atoms with Crippen LogP contribution >= 0.6 is 34.8 Å². The molecule has 0 aliphatic heterocycles. The third-order valence-corrected chi connectivity index (χ3v) is 4.36. The van der Waals surface area contributed by atoms with Crippen LogP contribution in [0.3, 0.4) is 0 Å². The number of aromatic nitrogens is 1. The molecule has 0 saturated carbocycles. The van der Waals surface area contributed by atoms with Gasteiger partial charge >= 0.3 is 0 Å². The maximum atomic E-state index is 13.0. The van der Waals surface area contributed by atoms with E-state index in [1.807, 2.05) is 13.8 Å². The maximum Gasteiger partial charge on any atom is 0.272 e. The van der Waals surface area contributed by atoms with Crippen molar-refractivity contribution < 1.29 is 9.59 Å². The van der Waals surface area contributed by atoms with Gasteiger partial charge in [0.15, 0.2) is 0 Å². The molecule has 0 spiro atoms. The number of nitrogens with one attached hydrogen (secondary N) is 4. The van der Waals surface area contributed by atoms with E-state index in [2.05, 4.69) is 20.9 Å². The highest BCUT2D eigenvalue weighted by Gasteiger charge is 2.20. The Bertz CT molecular complexity index is 1020. The molecule has 0 fully saturated rings. The normalized spacial score (nSPS) is 11.2. The van der Waals surface area contributed by atoms with Crippen LogP contribution in [-0.2, 0) is 4.79 Å². The van der Waals surface area contributed by atoms with Crippen LogP contribution in [0.4, 0.5) is 11.5 Å². The summed E-state index contributed by atoms with van der Waals surface area (Å²) in [4.78, 5) is 29.6. The van der Waals surface area contributed by atoms with Gasteiger partial charge in [-0.2, -0.15) is 0 Å². The molecule has 1 heterocycles. The number of carbonyl (C=O) groups excluding carboxylic acids is 2. The number of aryl methyl sites for hydroxylation is 1. The number of carbonyl (C=O) groups is 2. The van der Waals surface area contributed by atoms with Crippen molar-refractivity contribution in [1.82, 2.24) is 10.3 Å². The number of benzene rings is 1. The summed E-state index contributed by atoms with van der Waals surface area (Å²) in [6, 6.07) is 6.21. The summed E-state index contributed by atoms with van der Waals surface area (Å²) in [5.41, 5.74) is 0.989. The molecule has 0 unspecified atom stereocenters. The number of anilines is 2. The highest BCUT2D eigenvalue weighted by molar-refractivity contribution is 6.67. The molecule has 0 radical (unpaired) electrons. The van der Waals surface area contributed by atoms with Crippen molar-refractivity contribution in [3.63, 3.8) is 0 Å².